The summed E-state index contributed by atoms with van der Waals surface area (Å²) in [6.07, 6.45) is 1.01. The number of likely N-dealkylation sites (tertiary alicyclic amines) is 1. The molecule has 208 valence electrons. The number of aryl methyl sites for hydroxylation is 1. The number of nitrogens with zero attached hydrogens (tertiary/aromatic N) is 4. The molecule has 0 spiro atoms. The lowest BCUT2D eigenvalue weighted by molar-refractivity contribution is -0.144. The van der Waals surface area contributed by atoms with Crippen molar-refractivity contribution in [3.63, 3.8) is 0 Å². The van der Waals surface area contributed by atoms with E-state index in [2.05, 4.69) is 38.5 Å². The van der Waals surface area contributed by atoms with Gasteiger partial charge in [0.25, 0.3) is 0 Å². The number of aromatic nitrogens is 2. The SMILES string of the molecule is CCC1CN(C2(C)Cc3[nH]c(C(F)(F)F)nc3C=C2C)CCN1C1CCN(Cc2ccc(C)cc2F)CC1. The van der Waals surface area contributed by atoms with Gasteiger partial charge in [-0.25, -0.2) is 9.37 Å². The first-order valence-corrected chi connectivity index (χ1v) is 13.8. The molecule has 1 N–H and O–H groups in total. The smallest absolute Gasteiger partial charge is 0.338 e. The molecule has 38 heavy (non-hydrogen) atoms. The van der Waals surface area contributed by atoms with Gasteiger partial charge in [-0.2, -0.15) is 13.2 Å². The van der Waals surface area contributed by atoms with Crippen molar-refractivity contribution in [3.05, 3.63) is 57.9 Å². The minimum Gasteiger partial charge on any atom is -0.338 e. The van der Waals surface area contributed by atoms with Crippen LogP contribution < -0.4 is 0 Å². The van der Waals surface area contributed by atoms with Crippen molar-refractivity contribution < 1.29 is 17.6 Å². The number of nitrogens with one attached hydrogen (secondary N) is 1. The Labute approximate surface area is 222 Å². The number of rotatable bonds is 5. The predicted molar refractivity (Wildman–Crippen MR) is 141 cm³/mol. The van der Waals surface area contributed by atoms with Gasteiger partial charge in [0.15, 0.2) is 0 Å². The number of hydrogen-bond acceptors (Lipinski definition) is 4. The number of imidazole rings is 1. The largest absolute Gasteiger partial charge is 0.449 e. The summed E-state index contributed by atoms with van der Waals surface area (Å²) < 4.78 is 54.1. The number of alkyl halides is 3. The minimum absolute atomic E-state index is 0.119. The average molecular weight is 534 g/mol. The van der Waals surface area contributed by atoms with Gasteiger partial charge in [-0.1, -0.05) is 24.6 Å². The number of piperidine rings is 1. The molecule has 2 atom stereocenters. The Morgan fingerprint density at radius 1 is 1.11 bits per heavy atom. The first kappa shape index (κ1) is 27.3. The molecule has 5 rings (SSSR count). The zero-order chi connectivity index (χ0) is 27.2. The minimum atomic E-state index is -4.47. The second-order valence-corrected chi connectivity index (χ2v) is 11.6. The second-order valence-electron chi connectivity index (χ2n) is 11.6. The fraction of sp³-hybridized carbons (Fsp3) is 0.621. The first-order chi connectivity index (χ1) is 18.0. The van der Waals surface area contributed by atoms with Crippen molar-refractivity contribution in [2.75, 3.05) is 32.7 Å². The molecule has 2 aliphatic heterocycles. The van der Waals surface area contributed by atoms with Crippen molar-refractivity contribution in [2.24, 2.45) is 0 Å². The molecule has 0 amide bonds. The molecule has 2 unspecified atom stereocenters. The second kappa shape index (κ2) is 10.4. The van der Waals surface area contributed by atoms with E-state index in [0.29, 0.717) is 36.4 Å². The fourth-order valence-corrected chi connectivity index (χ4v) is 6.61. The zero-order valence-corrected chi connectivity index (χ0v) is 22.8. The van der Waals surface area contributed by atoms with E-state index in [1.165, 1.54) is 0 Å². The number of H-pyrrole nitrogens is 1. The van der Waals surface area contributed by atoms with Crippen LogP contribution in [0.5, 0.6) is 0 Å². The van der Waals surface area contributed by atoms with E-state index in [1.807, 2.05) is 32.1 Å². The monoisotopic (exact) mass is 533 g/mol. The highest BCUT2D eigenvalue weighted by Crippen LogP contribution is 2.39. The zero-order valence-electron chi connectivity index (χ0n) is 22.8. The molecule has 9 heteroatoms. The lowest BCUT2D eigenvalue weighted by Crippen LogP contribution is -2.63. The van der Waals surface area contributed by atoms with Crippen molar-refractivity contribution in [3.8, 4) is 0 Å². The van der Waals surface area contributed by atoms with Crippen LogP contribution in [0.2, 0.25) is 0 Å². The van der Waals surface area contributed by atoms with E-state index in [1.54, 1.807) is 6.07 Å². The molecule has 0 saturated carbocycles. The van der Waals surface area contributed by atoms with Crippen molar-refractivity contribution in [1.82, 2.24) is 24.7 Å². The third kappa shape index (κ3) is 5.29. The maximum Gasteiger partial charge on any atom is 0.449 e. The highest BCUT2D eigenvalue weighted by Gasteiger charge is 2.44. The first-order valence-electron chi connectivity index (χ1n) is 13.8. The van der Waals surface area contributed by atoms with Gasteiger partial charge in [0, 0.05) is 61.5 Å². The van der Waals surface area contributed by atoms with Gasteiger partial charge in [0.2, 0.25) is 5.82 Å². The van der Waals surface area contributed by atoms with Gasteiger partial charge >= 0.3 is 6.18 Å². The highest BCUT2D eigenvalue weighted by molar-refractivity contribution is 5.58. The average Bonchev–Trinajstić information content (AvgIpc) is 3.29. The van der Waals surface area contributed by atoms with Crippen LogP contribution in [0.3, 0.4) is 0 Å². The Bertz CT molecular complexity index is 1180. The maximum absolute atomic E-state index is 14.4. The van der Waals surface area contributed by atoms with Crippen molar-refractivity contribution in [1.29, 1.82) is 0 Å². The Morgan fingerprint density at radius 3 is 2.50 bits per heavy atom. The Morgan fingerprint density at radius 2 is 1.84 bits per heavy atom. The molecular formula is C29H39F4N5. The number of fused-ring (bicyclic) bond motifs is 1. The predicted octanol–water partition coefficient (Wildman–Crippen LogP) is 5.65. The normalized spacial score (nSPS) is 26.4. The summed E-state index contributed by atoms with van der Waals surface area (Å²) in [5.74, 6) is -1.03. The Balaban J connectivity index is 1.21. The Hall–Kier alpha value is -2.23. The van der Waals surface area contributed by atoms with Gasteiger partial charge in [0.05, 0.1) is 5.69 Å². The molecule has 5 nitrogen and oxygen atoms in total. The quantitative estimate of drug-likeness (QED) is 0.504. The van der Waals surface area contributed by atoms with E-state index in [9.17, 15) is 17.6 Å². The molecule has 0 radical (unpaired) electrons. The molecule has 3 heterocycles. The van der Waals surface area contributed by atoms with E-state index in [4.69, 9.17) is 0 Å². The summed E-state index contributed by atoms with van der Waals surface area (Å²) in [6, 6.07) is 6.39. The highest BCUT2D eigenvalue weighted by atomic mass is 19.4. The molecule has 1 aliphatic carbocycles. The van der Waals surface area contributed by atoms with Crippen molar-refractivity contribution in [2.45, 2.75) is 83.7 Å². The van der Waals surface area contributed by atoms with Gasteiger partial charge in [-0.05, 0) is 70.8 Å². The van der Waals surface area contributed by atoms with E-state index < -0.39 is 12.0 Å². The van der Waals surface area contributed by atoms with E-state index in [-0.39, 0.29) is 11.4 Å². The molecule has 0 bridgehead atoms. The van der Waals surface area contributed by atoms with Gasteiger partial charge < -0.3 is 4.98 Å². The standard InChI is InChI=1S/C29H39F4N5/c1-5-22-18-37(28(4)16-26-25(15-20(28)3)34-27(35-26)29(31,32)33)12-13-38(22)23-8-10-36(11-9-23)17-21-7-6-19(2)14-24(21)30/h6-7,14-15,22-23H,5,8-13,16-18H2,1-4H3,(H,34,35). The van der Waals surface area contributed by atoms with Crippen LogP contribution in [0, 0.1) is 12.7 Å². The van der Waals surface area contributed by atoms with Crippen LogP contribution in [0.25, 0.3) is 6.08 Å². The van der Waals surface area contributed by atoms with Gasteiger partial charge in [0.1, 0.15) is 5.82 Å². The lowest BCUT2D eigenvalue weighted by Gasteiger charge is -2.53. The number of halogens is 4. The summed E-state index contributed by atoms with van der Waals surface area (Å²) >= 11 is 0. The summed E-state index contributed by atoms with van der Waals surface area (Å²) in [5.41, 5.74) is 3.40. The van der Waals surface area contributed by atoms with Crippen LogP contribution in [0.15, 0.2) is 23.8 Å². The van der Waals surface area contributed by atoms with Crippen LogP contribution in [0.4, 0.5) is 17.6 Å². The summed E-state index contributed by atoms with van der Waals surface area (Å²) in [4.78, 5) is 13.9. The van der Waals surface area contributed by atoms with Gasteiger partial charge in [-0.15, -0.1) is 0 Å². The van der Waals surface area contributed by atoms with Crippen LogP contribution in [-0.4, -0.2) is 75.0 Å². The number of benzene rings is 1. The lowest BCUT2D eigenvalue weighted by atomic mass is 9.80. The molecule has 1 aromatic carbocycles. The van der Waals surface area contributed by atoms with Crippen LogP contribution in [0.1, 0.15) is 68.4 Å². The van der Waals surface area contributed by atoms with Crippen LogP contribution >= 0.6 is 0 Å². The van der Waals surface area contributed by atoms with Crippen molar-refractivity contribution >= 4 is 6.08 Å². The molecule has 3 aliphatic rings. The third-order valence-corrected chi connectivity index (χ3v) is 9.13. The molecule has 2 fully saturated rings. The third-order valence-electron chi connectivity index (χ3n) is 9.13. The molecule has 1 aromatic heterocycles. The number of aromatic amines is 1. The Kier molecular flexibility index (Phi) is 7.48. The maximum atomic E-state index is 14.4. The van der Waals surface area contributed by atoms with Gasteiger partial charge in [-0.3, -0.25) is 14.7 Å². The van der Waals surface area contributed by atoms with E-state index >= 15 is 0 Å². The topological polar surface area (TPSA) is 38.4 Å². The summed E-state index contributed by atoms with van der Waals surface area (Å²) in [5, 5.41) is 0. The number of piperazine rings is 1. The van der Waals surface area contributed by atoms with E-state index in [0.717, 1.165) is 68.7 Å². The molecule has 2 aromatic rings. The number of hydrogen-bond donors (Lipinski definition) is 1. The fourth-order valence-electron chi connectivity index (χ4n) is 6.61. The summed E-state index contributed by atoms with van der Waals surface area (Å²) in [6.45, 7) is 13.6. The van der Waals surface area contributed by atoms with Crippen LogP contribution in [-0.2, 0) is 19.1 Å². The molecular weight excluding hydrogens is 494 g/mol. The summed E-state index contributed by atoms with van der Waals surface area (Å²) in [7, 11) is 0. The molecule has 2 saturated heterocycles.